The lowest BCUT2D eigenvalue weighted by atomic mass is 10.1. The van der Waals surface area contributed by atoms with Crippen LogP contribution in [0.2, 0.25) is 5.28 Å². The molecule has 1 N–H and O–H groups in total. The van der Waals surface area contributed by atoms with Crippen LogP contribution in [0.5, 0.6) is 0 Å². The van der Waals surface area contributed by atoms with Crippen molar-refractivity contribution in [2.45, 2.75) is 25.8 Å². The van der Waals surface area contributed by atoms with Crippen LogP contribution in [-0.4, -0.2) is 22.6 Å². The highest BCUT2D eigenvalue weighted by Gasteiger charge is 2.20. The lowest BCUT2D eigenvalue weighted by Crippen LogP contribution is -2.37. The molecule has 19 heavy (non-hydrogen) atoms. The Labute approximate surface area is 116 Å². The molecule has 100 valence electrons. The van der Waals surface area contributed by atoms with Gasteiger partial charge in [0.2, 0.25) is 5.28 Å². The standard InChI is InChI=1S/C14H16ClN3O/c1-9-4-5-11-12(7-9)17-14(15)18(13(11)19)10-3-2-6-16-8-10/h4-5,7,10,16H,2-3,6,8H2,1H3. The molecule has 1 aromatic carbocycles. The van der Waals surface area contributed by atoms with Crippen molar-refractivity contribution >= 4 is 22.5 Å². The highest BCUT2D eigenvalue weighted by atomic mass is 35.5. The summed E-state index contributed by atoms with van der Waals surface area (Å²) in [6, 6.07) is 5.77. The number of nitrogens with one attached hydrogen (secondary N) is 1. The molecule has 1 aliphatic rings. The van der Waals surface area contributed by atoms with E-state index in [0.717, 1.165) is 31.5 Å². The second-order valence-corrected chi connectivity index (χ2v) is 5.41. The normalized spacial score (nSPS) is 19.8. The quantitative estimate of drug-likeness (QED) is 0.814. The summed E-state index contributed by atoms with van der Waals surface area (Å²) in [7, 11) is 0. The average molecular weight is 278 g/mol. The molecule has 1 aromatic heterocycles. The molecule has 5 heteroatoms. The Kier molecular flexibility index (Phi) is 3.29. The summed E-state index contributed by atoms with van der Waals surface area (Å²) in [5, 5.41) is 4.23. The molecule has 0 bridgehead atoms. The molecular formula is C14H16ClN3O. The van der Waals surface area contributed by atoms with E-state index in [9.17, 15) is 4.79 Å². The predicted molar refractivity (Wildman–Crippen MR) is 76.9 cm³/mol. The number of piperidine rings is 1. The summed E-state index contributed by atoms with van der Waals surface area (Å²) in [4.78, 5) is 16.9. The van der Waals surface area contributed by atoms with Crippen molar-refractivity contribution in [3.63, 3.8) is 0 Å². The van der Waals surface area contributed by atoms with Gasteiger partial charge in [0.05, 0.1) is 16.9 Å². The smallest absolute Gasteiger partial charge is 0.262 e. The SMILES string of the molecule is Cc1ccc2c(=O)n(C3CCCNC3)c(Cl)nc2c1. The first kappa shape index (κ1) is 12.6. The van der Waals surface area contributed by atoms with Crippen molar-refractivity contribution in [1.29, 1.82) is 0 Å². The van der Waals surface area contributed by atoms with Crippen molar-refractivity contribution in [2.24, 2.45) is 0 Å². The molecule has 1 atom stereocenters. The Balaban J connectivity index is 2.19. The van der Waals surface area contributed by atoms with Crippen LogP contribution in [0.25, 0.3) is 10.9 Å². The van der Waals surface area contributed by atoms with Gasteiger partial charge in [-0.05, 0) is 55.6 Å². The van der Waals surface area contributed by atoms with Gasteiger partial charge in [-0.15, -0.1) is 0 Å². The molecular weight excluding hydrogens is 262 g/mol. The van der Waals surface area contributed by atoms with Crippen LogP contribution in [0.4, 0.5) is 0 Å². The molecule has 0 radical (unpaired) electrons. The van der Waals surface area contributed by atoms with Crippen molar-refractivity contribution < 1.29 is 0 Å². The van der Waals surface area contributed by atoms with E-state index < -0.39 is 0 Å². The van der Waals surface area contributed by atoms with E-state index in [1.54, 1.807) is 4.57 Å². The fourth-order valence-corrected chi connectivity index (χ4v) is 2.96. The fraction of sp³-hybridized carbons (Fsp3) is 0.429. The number of hydrogen-bond donors (Lipinski definition) is 1. The summed E-state index contributed by atoms with van der Waals surface area (Å²) >= 11 is 6.22. The molecule has 0 amide bonds. The van der Waals surface area contributed by atoms with Crippen molar-refractivity contribution in [1.82, 2.24) is 14.9 Å². The summed E-state index contributed by atoms with van der Waals surface area (Å²) in [6.45, 7) is 3.76. The van der Waals surface area contributed by atoms with Gasteiger partial charge in [-0.1, -0.05) is 6.07 Å². The van der Waals surface area contributed by atoms with Crippen LogP contribution >= 0.6 is 11.6 Å². The number of fused-ring (bicyclic) bond motifs is 1. The van der Waals surface area contributed by atoms with Crippen LogP contribution in [0, 0.1) is 6.92 Å². The molecule has 3 rings (SSSR count). The first-order chi connectivity index (χ1) is 9.16. The maximum absolute atomic E-state index is 12.6. The maximum atomic E-state index is 12.6. The first-order valence-corrected chi connectivity index (χ1v) is 6.94. The van der Waals surface area contributed by atoms with E-state index in [-0.39, 0.29) is 16.9 Å². The van der Waals surface area contributed by atoms with Gasteiger partial charge in [-0.2, -0.15) is 0 Å². The molecule has 4 nitrogen and oxygen atoms in total. The third kappa shape index (κ3) is 2.26. The Morgan fingerprint density at radius 1 is 1.47 bits per heavy atom. The topological polar surface area (TPSA) is 46.9 Å². The number of rotatable bonds is 1. The molecule has 1 fully saturated rings. The van der Waals surface area contributed by atoms with Crippen LogP contribution in [0.1, 0.15) is 24.4 Å². The van der Waals surface area contributed by atoms with Crippen LogP contribution in [-0.2, 0) is 0 Å². The van der Waals surface area contributed by atoms with Crippen LogP contribution in [0.15, 0.2) is 23.0 Å². The maximum Gasteiger partial charge on any atom is 0.262 e. The van der Waals surface area contributed by atoms with Gasteiger partial charge in [0.15, 0.2) is 0 Å². The summed E-state index contributed by atoms with van der Waals surface area (Å²) in [5.74, 6) is 0. The van der Waals surface area contributed by atoms with Gasteiger partial charge in [-0.3, -0.25) is 9.36 Å². The Morgan fingerprint density at radius 3 is 3.05 bits per heavy atom. The van der Waals surface area contributed by atoms with Crippen LogP contribution in [0.3, 0.4) is 0 Å². The minimum Gasteiger partial charge on any atom is -0.315 e. The molecule has 0 saturated carbocycles. The van der Waals surface area contributed by atoms with Crippen molar-refractivity contribution in [3.8, 4) is 0 Å². The Morgan fingerprint density at radius 2 is 2.32 bits per heavy atom. The number of aromatic nitrogens is 2. The summed E-state index contributed by atoms with van der Waals surface area (Å²) < 4.78 is 1.63. The lowest BCUT2D eigenvalue weighted by molar-refractivity contribution is 0.363. The van der Waals surface area contributed by atoms with E-state index in [1.165, 1.54) is 0 Å². The van der Waals surface area contributed by atoms with Crippen molar-refractivity contribution in [2.75, 3.05) is 13.1 Å². The zero-order valence-electron chi connectivity index (χ0n) is 10.8. The van der Waals surface area contributed by atoms with Gasteiger partial charge in [0, 0.05) is 6.54 Å². The minimum absolute atomic E-state index is 0.0382. The molecule has 2 aromatic rings. The molecule has 2 heterocycles. The van der Waals surface area contributed by atoms with Gasteiger partial charge in [0.25, 0.3) is 5.56 Å². The monoisotopic (exact) mass is 277 g/mol. The van der Waals surface area contributed by atoms with E-state index >= 15 is 0 Å². The molecule has 1 saturated heterocycles. The summed E-state index contributed by atoms with van der Waals surface area (Å²) in [5.41, 5.74) is 1.71. The van der Waals surface area contributed by atoms with Gasteiger partial charge < -0.3 is 5.32 Å². The van der Waals surface area contributed by atoms with E-state index in [1.807, 2.05) is 25.1 Å². The van der Waals surface area contributed by atoms with Crippen LogP contribution < -0.4 is 10.9 Å². The molecule has 0 aliphatic carbocycles. The number of halogens is 1. The zero-order valence-corrected chi connectivity index (χ0v) is 11.6. The third-order valence-electron chi connectivity index (χ3n) is 3.65. The second-order valence-electron chi connectivity index (χ2n) is 5.08. The fourth-order valence-electron chi connectivity index (χ4n) is 2.65. The van der Waals surface area contributed by atoms with Crippen molar-refractivity contribution in [3.05, 3.63) is 39.4 Å². The van der Waals surface area contributed by atoms with Gasteiger partial charge in [0.1, 0.15) is 0 Å². The Hall–Kier alpha value is -1.39. The van der Waals surface area contributed by atoms with E-state index in [0.29, 0.717) is 10.9 Å². The Bertz CT molecular complexity index is 674. The van der Waals surface area contributed by atoms with E-state index in [4.69, 9.17) is 11.6 Å². The number of hydrogen-bond acceptors (Lipinski definition) is 3. The lowest BCUT2D eigenvalue weighted by Gasteiger charge is -2.25. The number of benzene rings is 1. The molecule has 0 spiro atoms. The van der Waals surface area contributed by atoms with Gasteiger partial charge in [-0.25, -0.2) is 4.98 Å². The zero-order chi connectivity index (χ0) is 13.4. The average Bonchev–Trinajstić information content (AvgIpc) is 2.39. The predicted octanol–water partition coefficient (Wildman–Crippen LogP) is 2.28. The third-order valence-corrected chi connectivity index (χ3v) is 3.92. The highest BCUT2D eigenvalue weighted by molar-refractivity contribution is 6.28. The minimum atomic E-state index is -0.0382. The second kappa shape index (κ2) is 4.94. The first-order valence-electron chi connectivity index (χ1n) is 6.56. The largest absolute Gasteiger partial charge is 0.315 e. The summed E-state index contributed by atoms with van der Waals surface area (Å²) in [6.07, 6.45) is 2.02. The number of nitrogens with zero attached hydrogens (tertiary/aromatic N) is 2. The molecule has 1 unspecified atom stereocenters. The highest BCUT2D eigenvalue weighted by Crippen LogP contribution is 2.21. The van der Waals surface area contributed by atoms with E-state index in [2.05, 4.69) is 10.3 Å². The molecule has 1 aliphatic heterocycles. The van der Waals surface area contributed by atoms with Gasteiger partial charge >= 0.3 is 0 Å². The number of aryl methyl sites for hydroxylation is 1.